The Kier molecular flexibility index (Phi) is 3.59. The summed E-state index contributed by atoms with van der Waals surface area (Å²) in [5.41, 5.74) is -1.21. The Morgan fingerprint density at radius 2 is 2.00 bits per heavy atom. The van der Waals surface area contributed by atoms with Gasteiger partial charge in [0.05, 0.1) is 6.42 Å². The van der Waals surface area contributed by atoms with Crippen LogP contribution in [0, 0.1) is 0 Å². The average Bonchev–Trinajstić information content (AvgIpc) is 2.12. The summed E-state index contributed by atoms with van der Waals surface area (Å²) in [5.74, 6) is -1.77. The van der Waals surface area contributed by atoms with Gasteiger partial charge in [-0.3, -0.25) is 19.4 Å². The summed E-state index contributed by atoms with van der Waals surface area (Å²) in [6.07, 6.45) is -0.258. The monoisotopic (exact) mass is 227 g/mol. The van der Waals surface area contributed by atoms with Gasteiger partial charge < -0.3 is 15.4 Å². The molecule has 0 aliphatic heterocycles. The van der Waals surface area contributed by atoms with Gasteiger partial charge in [0.2, 0.25) is 5.91 Å². The highest BCUT2D eigenvalue weighted by atomic mass is 16.4. The molecule has 0 spiro atoms. The lowest BCUT2D eigenvalue weighted by molar-refractivity contribution is -0.137. The number of carbonyl (C=O) groups is 2. The maximum atomic E-state index is 11.1. The number of rotatable bonds is 4. The van der Waals surface area contributed by atoms with Gasteiger partial charge in [0, 0.05) is 11.8 Å². The predicted octanol–water partition coefficient (Wildman–Crippen LogP) is -2.19. The van der Waals surface area contributed by atoms with Gasteiger partial charge in [0.1, 0.15) is 6.54 Å². The molecule has 86 valence electrons. The van der Waals surface area contributed by atoms with Gasteiger partial charge in [-0.1, -0.05) is 0 Å². The first-order valence-corrected chi connectivity index (χ1v) is 4.28. The molecule has 1 heterocycles. The summed E-state index contributed by atoms with van der Waals surface area (Å²) in [4.78, 5) is 47.1. The second-order valence-electron chi connectivity index (χ2n) is 2.96. The summed E-state index contributed by atoms with van der Waals surface area (Å²) < 4.78 is 0. The zero-order valence-corrected chi connectivity index (χ0v) is 8.07. The number of aromatic amines is 2. The molecule has 0 unspecified atom stereocenters. The number of amides is 1. The molecule has 8 heteroatoms. The molecule has 0 bridgehead atoms. The minimum absolute atomic E-state index is 0.122. The highest BCUT2D eigenvalue weighted by molar-refractivity contribution is 5.82. The number of hydrogen-bond donors (Lipinski definition) is 4. The Morgan fingerprint density at radius 1 is 1.31 bits per heavy atom. The molecule has 0 aliphatic carbocycles. The zero-order valence-electron chi connectivity index (χ0n) is 8.07. The van der Waals surface area contributed by atoms with E-state index < -0.39 is 29.7 Å². The first kappa shape index (κ1) is 11.7. The second kappa shape index (κ2) is 4.91. The molecule has 1 amide bonds. The van der Waals surface area contributed by atoms with Crippen LogP contribution in [0.1, 0.15) is 5.69 Å². The predicted molar refractivity (Wildman–Crippen MR) is 52.0 cm³/mol. The summed E-state index contributed by atoms with van der Waals surface area (Å²) in [6, 6.07) is 1.06. The molecule has 1 aromatic heterocycles. The first-order valence-electron chi connectivity index (χ1n) is 4.28. The summed E-state index contributed by atoms with van der Waals surface area (Å²) in [7, 11) is 0. The molecule has 0 aromatic carbocycles. The fraction of sp³-hybridized carbons (Fsp3) is 0.250. The zero-order chi connectivity index (χ0) is 12.1. The lowest BCUT2D eigenvalue weighted by atomic mass is 10.3. The minimum Gasteiger partial charge on any atom is -0.480 e. The molecular formula is C8H9N3O5. The van der Waals surface area contributed by atoms with Gasteiger partial charge >= 0.3 is 11.7 Å². The van der Waals surface area contributed by atoms with Crippen LogP contribution in [0.3, 0.4) is 0 Å². The lowest BCUT2D eigenvalue weighted by Gasteiger charge is -2.01. The summed E-state index contributed by atoms with van der Waals surface area (Å²) >= 11 is 0. The van der Waals surface area contributed by atoms with Crippen LogP contribution < -0.4 is 16.6 Å². The standard InChI is InChI=1S/C8H9N3O5/c12-5(9-3-7(14)15)1-4-2-6(13)11-8(16)10-4/h2H,1,3H2,(H,9,12)(H,14,15)(H2,10,11,13,16). The molecule has 1 rings (SSSR count). The number of carboxylic acid groups (broad SMARTS) is 1. The van der Waals surface area contributed by atoms with Crippen molar-refractivity contribution in [1.29, 1.82) is 0 Å². The number of nitrogens with one attached hydrogen (secondary N) is 3. The van der Waals surface area contributed by atoms with Gasteiger partial charge in [-0.2, -0.15) is 0 Å². The highest BCUT2D eigenvalue weighted by Gasteiger charge is 2.06. The lowest BCUT2D eigenvalue weighted by Crippen LogP contribution is -2.32. The Morgan fingerprint density at radius 3 is 2.56 bits per heavy atom. The van der Waals surface area contributed by atoms with E-state index in [1.807, 2.05) is 4.98 Å². The van der Waals surface area contributed by atoms with Crippen molar-refractivity contribution in [2.45, 2.75) is 6.42 Å². The van der Waals surface area contributed by atoms with E-state index in [9.17, 15) is 19.2 Å². The van der Waals surface area contributed by atoms with Crippen LogP contribution in [-0.2, 0) is 16.0 Å². The third kappa shape index (κ3) is 3.78. The molecule has 0 saturated carbocycles. The first-order chi connectivity index (χ1) is 7.47. The fourth-order valence-electron chi connectivity index (χ4n) is 1.02. The number of carbonyl (C=O) groups excluding carboxylic acids is 1. The summed E-state index contributed by atoms with van der Waals surface area (Å²) in [6.45, 7) is -0.508. The average molecular weight is 227 g/mol. The number of H-pyrrole nitrogens is 2. The van der Waals surface area contributed by atoms with E-state index >= 15 is 0 Å². The SMILES string of the molecule is O=C(O)CNC(=O)Cc1cc(=O)[nH]c(=O)[nH]1. The summed E-state index contributed by atoms with van der Waals surface area (Å²) in [5, 5.41) is 10.4. The van der Waals surface area contributed by atoms with Crippen molar-refractivity contribution in [3.63, 3.8) is 0 Å². The van der Waals surface area contributed by atoms with Crippen LogP contribution >= 0.6 is 0 Å². The van der Waals surface area contributed by atoms with Crippen molar-refractivity contribution in [1.82, 2.24) is 15.3 Å². The number of carboxylic acids is 1. The molecule has 0 atom stereocenters. The van der Waals surface area contributed by atoms with Crippen molar-refractivity contribution in [2.24, 2.45) is 0 Å². The molecule has 0 aliphatic rings. The van der Waals surface area contributed by atoms with Gasteiger partial charge in [-0.15, -0.1) is 0 Å². The second-order valence-corrected chi connectivity index (χ2v) is 2.96. The van der Waals surface area contributed by atoms with Crippen molar-refractivity contribution in [3.05, 3.63) is 32.6 Å². The normalized spacial score (nSPS) is 9.75. The van der Waals surface area contributed by atoms with E-state index in [2.05, 4.69) is 10.3 Å². The number of aromatic nitrogens is 2. The fourth-order valence-corrected chi connectivity index (χ4v) is 1.02. The van der Waals surface area contributed by atoms with Crippen LogP contribution in [-0.4, -0.2) is 33.5 Å². The number of hydrogen-bond acceptors (Lipinski definition) is 4. The molecule has 4 N–H and O–H groups in total. The highest BCUT2D eigenvalue weighted by Crippen LogP contribution is 1.87. The maximum absolute atomic E-state index is 11.1. The smallest absolute Gasteiger partial charge is 0.325 e. The van der Waals surface area contributed by atoms with Gasteiger partial charge in [-0.25, -0.2) is 4.79 Å². The quantitative estimate of drug-likeness (QED) is 0.463. The molecule has 16 heavy (non-hydrogen) atoms. The van der Waals surface area contributed by atoms with Gasteiger partial charge in [0.25, 0.3) is 5.56 Å². The van der Waals surface area contributed by atoms with Crippen LogP contribution in [0.25, 0.3) is 0 Å². The van der Waals surface area contributed by atoms with Crippen LogP contribution in [0.15, 0.2) is 15.7 Å². The topological polar surface area (TPSA) is 132 Å². The van der Waals surface area contributed by atoms with E-state index in [0.717, 1.165) is 6.07 Å². The van der Waals surface area contributed by atoms with Crippen molar-refractivity contribution in [3.8, 4) is 0 Å². The van der Waals surface area contributed by atoms with Crippen LogP contribution in [0.4, 0.5) is 0 Å². The van der Waals surface area contributed by atoms with E-state index in [1.165, 1.54) is 0 Å². The Hall–Kier alpha value is -2.38. The third-order valence-corrected chi connectivity index (χ3v) is 1.60. The third-order valence-electron chi connectivity index (χ3n) is 1.60. The largest absolute Gasteiger partial charge is 0.480 e. The molecule has 0 saturated heterocycles. The Labute approximate surface area is 88.3 Å². The Bertz CT molecular complexity index is 487. The van der Waals surface area contributed by atoms with Crippen LogP contribution in [0.5, 0.6) is 0 Å². The van der Waals surface area contributed by atoms with E-state index in [1.54, 1.807) is 0 Å². The van der Waals surface area contributed by atoms with E-state index in [4.69, 9.17) is 5.11 Å². The maximum Gasteiger partial charge on any atom is 0.325 e. The Balaban J connectivity index is 2.66. The van der Waals surface area contributed by atoms with Crippen molar-refractivity contribution in [2.75, 3.05) is 6.54 Å². The molecular weight excluding hydrogens is 218 g/mol. The molecule has 0 fully saturated rings. The van der Waals surface area contributed by atoms with Crippen LogP contribution in [0.2, 0.25) is 0 Å². The van der Waals surface area contributed by atoms with E-state index in [0.29, 0.717) is 0 Å². The van der Waals surface area contributed by atoms with Gasteiger partial charge in [-0.05, 0) is 0 Å². The molecule has 0 radical (unpaired) electrons. The molecule has 1 aromatic rings. The van der Waals surface area contributed by atoms with Crippen molar-refractivity contribution < 1.29 is 14.7 Å². The molecule has 8 nitrogen and oxygen atoms in total. The minimum atomic E-state index is -1.17. The van der Waals surface area contributed by atoms with Gasteiger partial charge in [0.15, 0.2) is 0 Å². The number of aliphatic carboxylic acids is 1. The van der Waals surface area contributed by atoms with E-state index in [-0.39, 0.29) is 12.1 Å². The van der Waals surface area contributed by atoms with Crippen molar-refractivity contribution >= 4 is 11.9 Å².